The highest BCUT2D eigenvalue weighted by Gasteiger charge is 2.33. The number of halogens is 5. The Hall–Kier alpha value is -3.63. The number of sulfonamides is 1. The number of alkyl halides is 3. The Kier molecular flexibility index (Phi) is 11.8. The molecule has 1 aromatic heterocycles. The van der Waals surface area contributed by atoms with E-state index in [2.05, 4.69) is 19.7 Å². The molecule has 0 spiro atoms. The van der Waals surface area contributed by atoms with Gasteiger partial charge in [0.2, 0.25) is 10.0 Å². The fourth-order valence-electron chi connectivity index (χ4n) is 5.62. The summed E-state index contributed by atoms with van der Waals surface area (Å²) in [6, 6.07) is 12.9. The van der Waals surface area contributed by atoms with Crippen LogP contribution >= 0.6 is 22.9 Å². The molecule has 0 atom stereocenters. The van der Waals surface area contributed by atoms with Gasteiger partial charge in [0.1, 0.15) is 17.3 Å². The van der Waals surface area contributed by atoms with Gasteiger partial charge in [-0.2, -0.15) is 0 Å². The van der Waals surface area contributed by atoms with Crippen LogP contribution in [0.25, 0.3) is 10.1 Å². The lowest BCUT2D eigenvalue weighted by Gasteiger charge is -2.28. The van der Waals surface area contributed by atoms with Crippen molar-refractivity contribution in [1.82, 2.24) is 4.90 Å². The number of fused-ring (bicyclic) bond motifs is 1. The maximum Gasteiger partial charge on any atom is 0.573 e. The van der Waals surface area contributed by atoms with Gasteiger partial charge in [-0.15, -0.1) is 24.5 Å². The van der Waals surface area contributed by atoms with E-state index in [4.69, 9.17) is 21.1 Å². The zero-order valence-electron chi connectivity index (χ0n) is 28.3. The number of hydrogen-bond donors (Lipinski definition) is 2. The largest absolute Gasteiger partial charge is 0.573 e. The third-order valence-electron chi connectivity index (χ3n) is 8.17. The van der Waals surface area contributed by atoms with Gasteiger partial charge >= 0.3 is 6.36 Å². The molecule has 3 aromatic carbocycles. The number of nitrogens with zero attached hydrogens (tertiary/aromatic N) is 1. The zero-order chi connectivity index (χ0) is 37.1. The summed E-state index contributed by atoms with van der Waals surface area (Å²) >= 11 is 7.48. The van der Waals surface area contributed by atoms with Crippen LogP contribution < -0.4 is 19.5 Å². The van der Waals surface area contributed by atoms with Gasteiger partial charge in [-0.3, -0.25) is 14.4 Å². The smallest absolute Gasteiger partial charge is 0.491 e. The molecule has 0 radical (unpaired) electrons. The van der Waals surface area contributed by atoms with Crippen molar-refractivity contribution in [1.29, 1.82) is 0 Å². The molecule has 0 bridgehead atoms. The summed E-state index contributed by atoms with van der Waals surface area (Å²) < 4.78 is 98.0. The van der Waals surface area contributed by atoms with Crippen molar-refractivity contribution in [3.63, 3.8) is 0 Å². The average molecular weight is 772 g/mol. The Morgan fingerprint density at radius 3 is 2.37 bits per heavy atom. The molecule has 1 aliphatic heterocycles. The number of nitrogens with one attached hydrogen (secondary N) is 2. The first-order chi connectivity index (χ1) is 23.9. The molecular formula is C35H38ClF4N3O6S2. The molecule has 2 N–H and O–H groups in total. The molecule has 1 fully saturated rings. The first-order valence-corrected chi connectivity index (χ1v) is 19.0. The van der Waals surface area contributed by atoms with E-state index in [-0.39, 0.29) is 33.2 Å². The molecule has 1 saturated heterocycles. The molecule has 5 rings (SSSR count). The van der Waals surface area contributed by atoms with Crippen molar-refractivity contribution >= 4 is 60.3 Å². The fourth-order valence-corrected chi connectivity index (χ4v) is 7.92. The molecule has 276 valence electrons. The van der Waals surface area contributed by atoms with E-state index in [1.54, 1.807) is 45.9 Å². The van der Waals surface area contributed by atoms with Crippen molar-refractivity contribution in [2.24, 2.45) is 0 Å². The van der Waals surface area contributed by atoms with Crippen LogP contribution in [0.4, 0.5) is 28.9 Å². The van der Waals surface area contributed by atoms with Crippen molar-refractivity contribution < 1.29 is 45.0 Å². The molecule has 9 nitrogen and oxygen atoms in total. The van der Waals surface area contributed by atoms with Gasteiger partial charge in [-0.1, -0.05) is 25.4 Å². The number of hydrogen-bond acceptors (Lipinski definition) is 8. The van der Waals surface area contributed by atoms with Crippen LogP contribution in [0.15, 0.2) is 54.6 Å². The number of amides is 1. The highest BCUT2D eigenvalue weighted by atomic mass is 35.5. The standard InChI is InChI=1S/C35H38ClF4N3O6S2/c1-21(2)48-27-16-24(17-28(19-27)49-35(38,39)40)34(3,4)23-14-25(36)18-26(15-23)41-33(44)32-13-22-12-30(29(37)20-31(22)50-32)42-51(45,46)11-5-6-43-7-9-47-10-8-43/h12-21,42H,5-11H2,1-4H3,(H,41,44). The Morgan fingerprint density at radius 1 is 1.00 bits per heavy atom. The fraction of sp³-hybridized carbons (Fsp3) is 0.400. The van der Waals surface area contributed by atoms with Crippen LogP contribution in [0.2, 0.25) is 5.02 Å². The SMILES string of the molecule is CC(C)Oc1cc(OC(F)(F)F)cc(C(C)(C)c2cc(Cl)cc(NC(=O)c3cc4cc(NS(=O)(=O)CCCN5CCOCC5)c(F)cc4s3)c2)c1. The third-order valence-corrected chi connectivity index (χ3v) is 10.8. The summed E-state index contributed by atoms with van der Waals surface area (Å²) in [6.45, 7) is 10.3. The highest BCUT2D eigenvalue weighted by molar-refractivity contribution is 7.92. The summed E-state index contributed by atoms with van der Waals surface area (Å²) in [6.07, 6.45) is -4.86. The number of anilines is 2. The van der Waals surface area contributed by atoms with Gasteiger partial charge in [-0.25, -0.2) is 12.8 Å². The van der Waals surface area contributed by atoms with Crippen LogP contribution in [0.1, 0.15) is 54.9 Å². The lowest BCUT2D eigenvalue weighted by Crippen LogP contribution is -2.37. The van der Waals surface area contributed by atoms with Crippen molar-refractivity contribution in [3.05, 3.63) is 81.4 Å². The van der Waals surface area contributed by atoms with E-state index in [1.165, 1.54) is 36.4 Å². The van der Waals surface area contributed by atoms with E-state index in [1.807, 2.05) is 0 Å². The first kappa shape index (κ1) is 38.6. The quantitative estimate of drug-likeness (QED) is 0.132. The molecular weight excluding hydrogens is 734 g/mol. The summed E-state index contributed by atoms with van der Waals surface area (Å²) in [5, 5.41) is 3.52. The molecule has 2 heterocycles. The summed E-state index contributed by atoms with van der Waals surface area (Å²) in [7, 11) is -3.84. The predicted octanol–water partition coefficient (Wildman–Crippen LogP) is 8.42. The van der Waals surface area contributed by atoms with Gasteiger partial charge in [0.15, 0.2) is 0 Å². The van der Waals surface area contributed by atoms with E-state index in [0.29, 0.717) is 53.1 Å². The minimum absolute atomic E-state index is 0.183. The van der Waals surface area contributed by atoms with Crippen LogP contribution in [0.3, 0.4) is 0 Å². The van der Waals surface area contributed by atoms with Crippen molar-refractivity contribution in [3.8, 4) is 11.5 Å². The van der Waals surface area contributed by atoms with Crippen molar-refractivity contribution in [2.75, 3.05) is 48.6 Å². The number of rotatable bonds is 13. The van der Waals surface area contributed by atoms with Crippen LogP contribution in [0, 0.1) is 5.82 Å². The predicted molar refractivity (Wildman–Crippen MR) is 191 cm³/mol. The summed E-state index contributed by atoms with van der Waals surface area (Å²) in [5.41, 5.74) is 0.170. The number of carbonyl (C=O) groups excluding carboxylic acids is 1. The van der Waals surface area contributed by atoms with E-state index in [9.17, 15) is 26.4 Å². The molecule has 4 aromatic rings. The number of thiophene rings is 1. The maximum absolute atomic E-state index is 15.0. The second-order valence-corrected chi connectivity index (χ2v) is 16.3. The average Bonchev–Trinajstić information content (AvgIpc) is 3.43. The van der Waals surface area contributed by atoms with Crippen LogP contribution in [-0.2, 0) is 20.2 Å². The number of carbonyl (C=O) groups is 1. The highest BCUT2D eigenvalue weighted by Crippen LogP contribution is 2.40. The lowest BCUT2D eigenvalue weighted by molar-refractivity contribution is -0.274. The zero-order valence-corrected chi connectivity index (χ0v) is 30.7. The first-order valence-electron chi connectivity index (χ1n) is 16.1. The number of ether oxygens (including phenoxy) is 3. The minimum Gasteiger partial charge on any atom is -0.491 e. The molecule has 16 heteroatoms. The van der Waals surface area contributed by atoms with E-state index < -0.39 is 39.3 Å². The molecule has 0 unspecified atom stereocenters. The lowest BCUT2D eigenvalue weighted by atomic mass is 9.78. The topological polar surface area (TPSA) is 106 Å². The Bertz CT molecular complexity index is 2000. The normalized spacial score (nSPS) is 14.5. The second-order valence-electron chi connectivity index (χ2n) is 12.9. The molecule has 1 aliphatic rings. The van der Waals surface area contributed by atoms with Gasteiger partial charge in [-0.05, 0) is 91.9 Å². The summed E-state index contributed by atoms with van der Waals surface area (Å²) in [5.74, 6) is -1.74. The number of benzene rings is 3. The molecule has 1 amide bonds. The van der Waals surface area contributed by atoms with Gasteiger partial charge in [0, 0.05) is 40.0 Å². The molecule has 0 saturated carbocycles. The Balaban J connectivity index is 1.33. The van der Waals surface area contributed by atoms with Gasteiger partial charge in [0.05, 0.1) is 35.6 Å². The van der Waals surface area contributed by atoms with Gasteiger partial charge in [0.25, 0.3) is 5.91 Å². The van der Waals surface area contributed by atoms with Crippen molar-refractivity contribution in [2.45, 2.75) is 52.0 Å². The Labute approximate surface area is 302 Å². The van der Waals surface area contributed by atoms with E-state index in [0.717, 1.165) is 24.4 Å². The minimum atomic E-state index is -4.91. The number of morpholine rings is 1. The van der Waals surface area contributed by atoms with Crippen LogP contribution in [0.5, 0.6) is 11.5 Å². The molecule has 0 aliphatic carbocycles. The summed E-state index contributed by atoms with van der Waals surface area (Å²) in [4.78, 5) is 15.7. The molecule has 51 heavy (non-hydrogen) atoms. The monoisotopic (exact) mass is 771 g/mol. The second kappa shape index (κ2) is 15.5. The van der Waals surface area contributed by atoms with E-state index >= 15 is 4.39 Å². The third kappa shape index (κ3) is 10.5. The maximum atomic E-state index is 15.0. The Morgan fingerprint density at radius 2 is 1.69 bits per heavy atom. The van der Waals surface area contributed by atoms with Gasteiger partial charge < -0.3 is 19.5 Å². The van der Waals surface area contributed by atoms with Crippen LogP contribution in [-0.4, -0.2) is 70.3 Å².